The lowest BCUT2D eigenvalue weighted by atomic mass is 10.2. The average molecular weight is 399 g/mol. The summed E-state index contributed by atoms with van der Waals surface area (Å²) in [5.41, 5.74) is 1.16. The molecule has 4 rings (SSSR count). The summed E-state index contributed by atoms with van der Waals surface area (Å²) in [5, 5.41) is 11.9. The molecule has 29 heavy (non-hydrogen) atoms. The maximum atomic E-state index is 12.1. The van der Waals surface area contributed by atoms with Gasteiger partial charge in [-0.1, -0.05) is 0 Å². The average Bonchev–Trinajstić information content (AvgIpc) is 3.53. The van der Waals surface area contributed by atoms with E-state index in [1.54, 1.807) is 14.2 Å². The Kier molecular flexibility index (Phi) is 5.71. The van der Waals surface area contributed by atoms with Crippen molar-refractivity contribution in [1.82, 2.24) is 25.0 Å². The van der Waals surface area contributed by atoms with Gasteiger partial charge in [0.25, 0.3) is 0 Å². The first kappa shape index (κ1) is 19.7. The molecule has 1 aliphatic heterocycles. The van der Waals surface area contributed by atoms with E-state index in [1.807, 2.05) is 13.0 Å². The van der Waals surface area contributed by atoms with E-state index in [4.69, 9.17) is 9.47 Å². The normalized spacial score (nSPS) is 17.9. The Morgan fingerprint density at radius 3 is 2.52 bits per heavy atom. The zero-order chi connectivity index (χ0) is 20.4. The lowest BCUT2D eigenvalue weighted by Crippen LogP contribution is -2.31. The molecule has 8 heteroatoms. The molecule has 1 fully saturated rings. The molecule has 0 spiro atoms. The van der Waals surface area contributed by atoms with Crippen molar-refractivity contribution in [1.29, 1.82) is 0 Å². The van der Waals surface area contributed by atoms with E-state index in [-0.39, 0.29) is 17.9 Å². The zero-order valence-electron chi connectivity index (χ0n) is 17.4. The van der Waals surface area contributed by atoms with Crippen LogP contribution in [-0.2, 0) is 24.3 Å². The maximum absolute atomic E-state index is 12.1. The molecule has 2 heterocycles. The first-order chi connectivity index (χ1) is 14.1. The lowest BCUT2D eigenvalue weighted by Gasteiger charge is -2.21. The van der Waals surface area contributed by atoms with E-state index in [0.717, 1.165) is 74.2 Å². The maximum Gasteiger partial charge on any atom is 0.223 e. The van der Waals surface area contributed by atoms with Crippen LogP contribution in [0.25, 0.3) is 0 Å². The van der Waals surface area contributed by atoms with Gasteiger partial charge >= 0.3 is 0 Å². The number of hydrogen-bond donors (Lipinski definition) is 1. The van der Waals surface area contributed by atoms with Crippen LogP contribution in [0.1, 0.15) is 43.0 Å². The number of nitrogens with zero attached hydrogens (tertiary/aromatic N) is 4. The van der Waals surface area contributed by atoms with Crippen molar-refractivity contribution in [3.63, 3.8) is 0 Å². The van der Waals surface area contributed by atoms with Gasteiger partial charge in [-0.2, -0.15) is 0 Å². The largest absolute Gasteiger partial charge is 0.497 e. The molecular formula is C21H29N5O3. The van der Waals surface area contributed by atoms with Crippen LogP contribution in [0.3, 0.4) is 0 Å². The second-order valence-corrected chi connectivity index (χ2v) is 7.88. The fraction of sp³-hybridized carbons (Fsp3) is 0.571. The van der Waals surface area contributed by atoms with E-state index in [1.165, 1.54) is 0 Å². The SMILES string of the molecule is COc1cc(CN2CCc3nnc(C(C)NC(=O)C4CC4)n3CC2)cc(OC)c1. The number of rotatable bonds is 7. The molecule has 1 aliphatic carbocycles. The molecule has 0 saturated heterocycles. The Morgan fingerprint density at radius 2 is 1.86 bits per heavy atom. The predicted molar refractivity (Wildman–Crippen MR) is 108 cm³/mol. The first-order valence-electron chi connectivity index (χ1n) is 10.2. The molecule has 1 atom stereocenters. The summed E-state index contributed by atoms with van der Waals surface area (Å²) in [6.45, 7) is 5.40. The highest BCUT2D eigenvalue weighted by atomic mass is 16.5. The van der Waals surface area contributed by atoms with Crippen LogP contribution in [0, 0.1) is 5.92 Å². The molecule has 0 radical (unpaired) electrons. The minimum atomic E-state index is -0.126. The van der Waals surface area contributed by atoms with Crippen LogP contribution in [-0.4, -0.2) is 52.9 Å². The Hall–Kier alpha value is -2.61. The number of carbonyl (C=O) groups is 1. The summed E-state index contributed by atoms with van der Waals surface area (Å²) in [4.78, 5) is 14.5. The van der Waals surface area contributed by atoms with Gasteiger partial charge in [0, 0.05) is 44.6 Å². The number of benzene rings is 1. The van der Waals surface area contributed by atoms with Crippen molar-refractivity contribution in [3.05, 3.63) is 35.4 Å². The van der Waals surface area contributed by atoms with Crippen LogP contribution >= 0.6 is 0 Å². The molecule has 1 amide bonds. The molecule has 1 aromatic heterocycles. The fourth-order valence-corrected chi connectivity index (χ4v) is 3.82. The van der Waals surface area contributed by atoms with Crippen LogP contribution < -0.4 is 14.8 Å². The van der Waals surface area contributed by atoms with Crippen molar-refractivity contribution in [3.8, 4) is 11.5 Å². The van der Waals surface area contributed by atoms with Crippen molar-refractivity contribution < 1.29 is 14.3 Å². The highest BCUT2D eigenvalue weighted by Crippen LogP contribution is 2.30. The topological polar surface area (TPSA) is 81.5 Å². The van der Waals surface area contributed by atoms with Crippen LogP contribution in [0.5, 0.6) is 11.5 Å². The van der Waals surface area contributed by atoms with E-state index in [0.29, 0.717) is 0 Å². The minimum absolute atomic E-state index is 0.126. The third-order valence-corrected chi connectivity index (χ3v) is 5.66. The molecule has 2 aromatic rings. The number of aromatic nitrogens is 3. The van der Waals surface area contributed by atoms with E-state index < -0.39 is 0 Å². The standard InChI is InChI=1S/C21H29N5O3/c1-14(22-21(27)16-4-5-16)20-24-23-19-6-7-25(8-9-26(19)20)13-15-10-17(28-2)12-18(11-15)29-3/h10-12,14,16H,4-9,13H2,1-3H3,(H,22,27). The molecular weight excluding hydrogens is 370 g/mol. The minimum Gasteiger partial charge on any atom is -0.497 e. The highest BCUT2D eigenvalue weighted by molar-refractivity contribution is 5.81. The van der Waals surface area contributed by atoms with Gasteiger partial charge in [0.1, 0.15) is 17.3 Å². The molecule has 156 valence electrons. The summed E-state index contributed by atoms with van der Waals surface area (Å²) in [7, 11) is 3.34. The summed E-state index contributed by atoms with van der Waals surface area (Å²) in [6.07, 6.45) is 2.83. The number of carbonyl (C=O) groups excluding carboxylic acids is 1. The van der Waals surface area contributed by atoms with Crippen LogP contribution in [0.4, 0.5) is 0 Å². The van der Waals surface area contributed by atoms with Gasteiger partial charge in [-0.15, -0.1) is 10.2 Å². The fourth-order valence-electron chi connectivity index (χ4n) is 3.82. The van der Waals surface area contributed by atoms with Gasteiger partial charge in [0.05, 0.1) is 20.3 Å². The van der Waals surface area contributed by atoms with Crippen molar-refractivity contribution in [2.75, 3.05) is 27.3 Å². The third-order valence-electron chi connectivity index (χ3n) is 5.66. The van der Waals surface area contributed by atoms with Gasteiger partial charge in [-0.05, 0) is 37.5 Å². The van der Waals surface area contributed by atoms with E-state index in [2.05, 4.69) is 37.1 Å². The Bertz CT molecular complexity index is 855. The molecule has 1 saturated carbocycles. The number of nitrogens with one attached hydrogen (secondary N) is 1. The van der Waals surface area contributed by atoms with Crippen LogP contribution in [0.15, 0.2) is 18.2 Å². The van der Waals surface area contributed by atoms with Gasteiger partial charge in [0.2, 0.25) is 5.91 Å². The third kappa shape index (κ3) is 4.53. The smallest absolute Gasteiger partial charge is 0.223 e. The van der Waals surface area contributed by atoms with Crippen molar-refractivity contribution >= 4 is 5.91 Å². The second-order valence-electron chi connectivity index (χ2n) is 7.88. The number of methoxy groups -OCH3 is 2. The number of ether oxygens (including phenoxy) is 2. The number of amides is 1. The first-order valence-corrected chi connectivity index (χ1v) is 10.2. The summed E-state index contributed by atoms with van der Waals surface area (Å²) < 4.78 is 12.9. The van der Waals surface area contributed by atoms with Gasteiger partial charge < -0.3 is 19.4 Å². The summed E-state index contributed by atoms with van der Waals surface area (Å²) in [5.74, 6) is 3.76. The zero-order valence-corrected chi connectivity index (χ0v) is 17.4. The molecule has 0 bridgehead atoms. The summed E-state index contributed by atoms with van der Waals surface area (Å²) in [6, 6.07) is 5.86. The van der Waals surface area contributed by atoms with E-state index >= 15 is 0 Å². The highest BCUT2D eigenvalue weighted by Gasteiger charge is 2.31. The molecule has 1 N–H and O–H groups in total. The van der Waals surface area contributed by atoms with Crippen LogP contribution in [0.2, 0.25) is 0 Å². The quantitative estimate of drug-likeness (QED) is 0.766. The molecule has 8 nitrogen and oxygen atoms in total. The van der Waals surface area contributed by atoms with Gasteiger partial charge in [0.15, 0.2) is 5.82 Å². The monoisotopic (exact) mass is 399 g/mol. The Morgan fingerprint density at radius 1 is 1.14 bits per heavy atom. The Labute approximate surface area is 171 Å². The van der Waals surface area contributed by atoms with Crippen molar-refractivity contribution in [2.45, 2.75) is 45.3 Å². The number of fused-ring (bicyclic) bond motifs is 1. The van der Waals surface area contributed by atoms with Gasteiger partial charge in [-0.25, -0.2) is 0 Å². The predicted octanol–water partition coefficient (Wildman–Crippen LogP) is 1.94. The molecule has 1 aromatic carbocycles. The lowest BCUT2D eigenvalue weighted by molar-refractivity contribution is -0.123. The Balaban J connectivity index is 1.42. The summed E-state index contributed by atoms with van der Waals surface area (Å²) >= 11 is 0. The van der Waals surface area contributed by atoms with Gasteiger partial charge in [-0.3, -0.25) is 9.69 Å². The van der Waals surface area contributed by atoms with E-state index in [9.17, 15) is 4.79 Å². The molecule has 2 aliphatic rings. The molecule has 1 unspecified atom stereocenters. The van der Waals surface area contributed by atoms with Crippen molar-refractivity contribution in [2.24, 2.45) is 5.92 Å². The number of hydrogen-bond acceptors (Lipinski definition) is 6. The second kappa shape index (κ2) is 8.41.